The molecule has 0 radical (unpaired) electrons. The average molecular weight is 389 g/mol. The Labute approximate surface area is 148 Å². The molecule has 1 unspecified atom stereocenters. The van der Waals surface area contributed by atoms with Gasteiger partial charge in [0, 0.05) is 20.0 Å². The molecule has 2 aromatic rings. The van der Waals surface area contributed by atoms with Gasteiger partial charge in [0.05, 0.1) is 7.11 Å². The van der Waals surface area contributed by atoms with Crippen LogP contribution in [0.15, 0.2) is 22.7 Å². The number of hydrogen-bond acceptors (Lipinski definition) is 7. The second kappa shape index (κ2) is 7.16. The van der Waals surface area contributed by atoms with E-state index in [0.717, 1.165) is 0 Å². The van der Waals surface area contributed by atoms with Crippen LogP contribution in [-0.4, -0.2) is 50.2 Å². The molecule has 2 heterocycles. The molecule has 1 aromatic heterocycles. The van der Waals surface area contributed by atoms with Crippen LogP contribution in [0.25, 0.3) is 0 Å². The number of aromatic nitrogens is 2. The standard InChI is InChI=1S/C15H17F2N3O5S/c1-20-6-5-12(26(20,21)22)14-18-13(19-25-14)8-9-3-4-10(23-2)11(7-9)24-15(16)17/h3-4,7,12,15H,5-6,8H2,1-2H3. The van der Waals surface area contributed by atoms with Crippen molar-refractivity contribution in [1.82, 2.24) is 14.4 Å². The highest BCUT2D eigenvalue weighted by Gasteiger charge is 2.41. The van der Waals surface area contributed by atoms with Gasteiger partial charge in [-0.15, -0.1) is 0 Å². The molecule has 1 aliphatic heterocycles. The maximum Gasteiger partial charge on any atom is 0.387 e. The lowest BCUT2D eigenvalue weighted by Gasteiger charge is -2.10. The zero-order valence-electron chi connectivity index (χ0n) is 14.1. The summed E-state index contributed by atoms with van der Waals surface area (Å²) >= 11 is 0. The second-order valence-corrected chi connectivity index (χ2v) is 7.96. The molecule has 3 rings (SSSR count). The van der Waals surface area contributed by atoms with Crippen LogP contribution in [0.1, 0.15) is 28.9 Å². The summed E-state index contributed by atoms with van der Waals surface area (Å²) < 4.78 is 65.1. The lowest BCUT2D eigenvalue weighted by Crippen LogP contribution is -2.22. The highest BCUT2D eigenvalue weighted by Crippen LogP contribution is 2.34. The van der Waals surface area contributed by atoms with E-state index in [1.165, 1.54) is 30.6 Å². The average Bonchev–Trinajstić information content (AvgIpc) is 3.12. The van der Waals surface area contributed by atoms with Crippen LogP contribution < -0.4 is 9.47 Å². The van der Waals surface area contributed by atoms with Crippen molar-refractivity contribution in [2.24, 2.45) is 0 Å². The summed E-state index contributed by atoms with van der Waals surface area (Å²) in [5.74, 6) is 0.339. The molecule has 1 fully saturated rings. The van der Waals surface area contributed by atoms with Gasteiger partial charge in [0.1, 0.15) is 0 Å². The van der Waals surface area contributed by atoms with Crippen LogP contribution in [0.2, 0.25) is 0 Å². The van der Waals surface area contributed by atoms with Gasteiger partial charge >= 0.3 is 6.61 Å². The summed E-state index contributed by atoms with van der Waals surface area (Å²) in [5, 5.41) is 2.93. The number of benzene rings is 1. The molecule has 142 valence electrons. The van der Waals surface area contributed by atoms with E-state index in [9.17, 15) is 17.2 Å². The van der Waals surface area contributed by atoms with Gasteiger partial charge < -0.3 is 14.0 Å². The molecule has 0 amide bonds. The Morgan fingerprint density at radius 1 is 1.38 bits per heavy atom. The third kappa shape index (κ3) is 3.63. The molecule has 1 saturated heterocycles. The Bertz CT molecular complexity index is 887. The van der Waals surface area contributed by atoms with E-state index >= 15 is 0 Å². The monoisotopic (exact) mass is 389 g/mol. The highest BCUT2D eigenvalue weighted by molar-refractivity contribution is 7.89. The van der Waals surface area contributed by atoms with Gasteiger partial charge in [-0.25, -0.2) is 12.7 Å². The van der Waals surface area contributed by atoms with E-state index in [4.69, 9.17) is 9.26 Å². The number of nitrogens with zero attached hydrogens (tertiary/aromatic N) is 3. The minimum Gasteiger partial charge on any atom is -0.493 e. The zero-order chi connectivity index (χ0) is 18.9. The van der Waals surface area contributed by atoms with Crippen LogP contribution >= 0.6 is 0 Å². The number of ether oxygens (including phenoxy) is 2. The van der Waals surface area contributed by atoms with Crippen molar-refractivity contribution in [3.8, 4) is 11.5 Å². The van der Waals surface area contributed by atoms with E-state index in [-0.39, 0.29) is 29.6 Å². The minimum absolute atomic E-state index is 0.0296. The normalized spacial score (nSPS) is 19.8. The number of halogens is 2. The molecule has 8 nitrogen and oxygen atoms in total. The Kier molecular flexibility index (Phi) is 5.10. The molecule has 11 heteroatoms. The highest BCUT2D eigenvalue weighted by atomic mass is 32.2. The Balaban J connectivity index is 1.79. The van der Waals surface area contributed by atoms with Gasteiger partial charge in [-0.1, -0.05) is 11.2 Å². The number of alkyl halides is 2. The number of methoxy groups -OCH3 is 1. The second-order valence-electron chi connectivity index (χ2n) is 5.73. The van der Waals surface area contributed by atoms with E-state index < -0.39 is 21.9 Å². The summed E-state index contributed by atoms with van der Waals surface area (Å²) in [6, 6.07) is 4.53. The maximum absolute atomic E-state index is 12.5. The Morgan fingerprint density at radius 3 is 2.77 bits per heavy atom. The van der Waals surface area contributed by atoms with Gasteiger partial charge in [-0.05, 0) is 24.1 Å². The van der Waals surface area contributed by atoms with Crippen LogP contribution in [0.5, 0.6) is 11.5 Å². The largest absolute Gasteiger partial charge is 0.493 e. The quantitative estimate of drug-likeness (QED) is 0.745. The molecule has 0 N–H and O–H groups in total. The zero-order valence-corrected chi connectivity index (χ0v) is 14.9. The fourth-order valence-corrected chi connectivity index (χ4v) is 4.26. The van der Waals surface area contributed by atoms with Crippen molar-refractivity contribution in [2.75, 3.05) is 20.7 Å². The van der Waals surface area contributed by atoms with Crippen LogP contribution in [-0.2, 0) is 16.4 Å². The number of sulfonamides is 1. The number of hydrogen-bond donors (Lipinski definition) is 0. The van der Waals surface area contributed by atoms with Crippen LogP contribution in [0.4, 0.5) is 8.78 Å². The van der Waals surface area contributed by atoms with Crippen molar-refractivity contribution in [3.63, 3.8) is 0 Å². The van der Waals surface area contributed by atoms with Gasteiger partial charge in [0.15, 0.2) is 22.6 Å². The summed E-state index contributed by atoms with van der Waals surface area (Å²) in [7, 11) is -0.651. The summed E-state index contributed by atoms with van der Waals surface area (Å²) in [5.41, 5.74) is 0.584. The van der Waals surface area contributed by atoms with Crippen molar-refractivity contribution < 1.29 is 31.2 Å². The summed E-state index contributed by atoms with van der Waals surface area (Å²) in [4.78, 5) is 4.15. The smallest absolute Gasteiger partial charge is 0.387 e. The fourth-order valence-electron chi connectivity index (χ4n) is 2.72. The first-order valence-electron chi connectivity index (χ1n) is 7.70. The Morgan fingerprint density at radius 2 is 2.15 bits per heavy atom. The lowest BCUT2D eigenvalue weighted by atomic mass is 10.1. The molecule has 1 atom stereocenters. The van der Waals surface area contributed by atoms with Crippen LogP contribution in [0.3, 0.4) is 0 Å². The molecule has 26 heavy (non-hydrogen) atoms. The third-order valence-electron chi connectivity index (χ3n) is 4.07. The maximum atomic E-state index is 12.5. The molecule has 0 spiro atoms. The lowest BCUT2D eigenvalue weighted by molar-refractivity contribution is -0.0512. The fraction of sp³-hybridized carbons (Fsp3) is 0.467. The molecule has 0 bridgehead atoms. The predicted octanol–water partition coefficient (Wildman–Crippen LogP) is 1.98. The van der Waals surface area contributed by atoms with E-state index in [0.29, 0.717) is 18.5 Å². The molecular weight excluding hydrogens is 372 g/mol. The van der Waals surface area contributed by atoms with Crippen molar-refractivity contribution in [2.45, 2.75) is 24.7 Å². The first kappa shape index (κ1) is 18.5. The summed E-state index contributed by atoms with van der Waals surface area (Å²) in [6.45, 7) is -2.60. The van der Waals surface area contributed by atoms with Gasteiger partial charge in [-0.3, -0.25) is 0 Å². The van der Waals surface area contributed by atoms with Crippen molar-refractivity contribution in [1.29, 1.82) is 0 Å². The minimum atomic E-state index is -3.49. The SMILES string of the molecule is COc1ccc(Cc2noc(C3CCN(C)S3(=O)=O)n2)cc1OC(F)F. The van der Waals surface area contributed by atoms with Gasteiger partial charge in [-0.2, -0.15) is 13.8 Å². The Hall–Kier alpha value is -2.27. The molecule has 0 saturated carbocycles. The predicted molar refractivity (Wildman–Crippen MR) is 85.6 cm³/mol. The van der Waals surface area contributed by atoms with E-state index in [1.807, 2.05) is 0 Å². The first-order valence-corrected chi connectivity index (χ1v) is 9.21. The third-order valence-corrected chi connectivity index (χ3v) is 6.27. The van der Waals surface area contributed by atoms with Gasteiger partial charge in [0.25, 0.3) is 0 Å². The van der Waals surface area contributed by atoms with Gasteiger partial charge in [0.2, 0.25) is 15.9 Å². The first-order chi connectivity index (χ1) is 12.3. The molecule has 1 aromatic carbocycles. The molecule has 0 aliphatic carbocycles. The summed E-state index contributed by atoms with van der Waals surface area (Å²) in [6.07, 6.45) is 0.533. The van der Waals surface area contributed by atoms with Crippen molar-refractivity contribution >= 4 is 10.0 Å². The topological polar surface area (TPSA) is 94.8 Å². The van der Waals surface area contributed by atoms with Crippen molar-refractivity contribution in [3.05, 3.63) is 35.5 Å². The van der Waals surface area contributed by atoms with Crippen LogP contribution in [0, 0.1) is 0 Å². The van der Waals surface area contributed by atoms with E-state index in [2.05, 4.69) is 14.9 Å². The molecule has 1 aliphatic rings. The van der Waals surface area contributed by atoms with E-state index in [1.54, 1.807) is 6.07 Å². The number of rotatable bonds is 6. The molecular formula is C15H17F2N3O5S.